The highest BCUT2D eigenvalue weighted by Crippen LogP contribution is 2.38. The summed E-state index contributed by atoms with van der Waals surface area (Å²) >= 11 is 7.42. The number of rotatable bonds is 16. The summed E-state index contributed by atoms with van der Waals surface area (Å²) in [7, 11) is 0. The Morgan fingerprint density at radius 1 is 0.985 bits per heavy atom. The topological polar surface area (TPSA) is 146 Å². The van der Waals surface area contributed by atoms with Crippen molar-refractivity contribution >= 4 is 69.2 Å². The molecule has 0 unspecified atom stereocenters. The molecule has 15 heteroatoms. The first-order valence-electron chi connectivity index (χ1n) is 22.3. The maximum absolute atomic E-state index is 14.3. The molecule has 0 aliphatic carbocycles. The second-order valence-electron chi connectivity index (χ2n) is 18.5. The number of likely N-dealkylation sites (tertiary alicyclic amines) is 1. The molecule has 0 bridgehead atoms. The van der Waals surface area contributed by atoms with Gasteiger partial charge in [-0.3, -0.25) is 24.1 Å². The fourth-order valence-electron chi connectivity index (χ4n) is 8.48. The Balaban J connectivity index is 0.922. The van der Waals surface area contributed by atoms with Crippen LogP contribution in [0, 0.1) is 25.8 Å². The van der Waals surface area contributed by atoms with Crippen molar-refractivity contribution in [2.75, 3.05) is 29.6 Å². The predicted molar refractivity (Wildman–Crippen MR) is 265 cm³/mol. The van der Waals surface area contributed by atoms with Crippen molar-refractivity contribution in [2.24, 2.45) is 5.41 Å². The fraction of sp³-hybridized carbons (Fsp3) is 0.365. The zero-order valence-corrected chi connectivity index (χ0v) is 40.5. The number of hydrogen-bond acceptors (Lipinski definition) is 10. The summed E-state index contributed by atoms with van der Waals surface area (Å²) in [4.78, 5) is 69.4. The quantitative estimate of drug-likeness (QED) is 0.0559. The number of nitrogens with zero attached hydrogens (tertiary/aromatic N) is 5. The number of amides is 3. The number of thiazole rings is 1. The second kappa shape index (κ2) is 20.2. The molecule has 2 aliphatic heterocycles. The number of benzene rings is 4. The predicted octanol–water partition coefficient (Wildman–Crippen LogP) is 9.05. The Hall–Kier alpha value is -6.47. The lowest BCUT2D eigenvalue weighted by Crippen LogP contribution is -2.56. The van der Waals surface area contributed by atoms with E-state index in [2.05, 4.69) is 15.1 Å². The van der Waals surface area contributed by atoms with Crippen LogP contribution >= 0.6 is 23.6 Å². The third-order valence-corrected chi connectivity index (χ3v) is 13.6. The Kier molecular flexibility index (Phi) is 14.6. The van der Waals surface area contributed by atoms with Crippen LogP contribution in [0.15, 0.2) is 96.5 Å². The molecule has 5 aromatic rings. The number of aryl methyl sites for hydroxylation is 3. The van der Waals surface area contributed by atoms with Crippen LogP contribution in [0.1, 0.15) is 81.1 Å². The van der Waals surface area contributed by atoms with E-state index in [0.717, 1.165) is 32.9 Å². The van der Waals surface area contributed by atoms with Gasteiger partial charge in [-0.15, -0.1) is 11.3 Å². The third-order valence-electron chi connectivity index (χ3n) is 12.2. The number of anilines is 2. The molecular formula is C52H56N6O7S2. The number of para-hydroxylation sites is 1. The number of carbonyl (C=O) groups is 4. The Bertz CT molecular complexity index is 2700. The smallest absolute Gasteiger partial charge is 0.259 e. The van der Waals surface area contributed by atoms with Crippen LogP contribution in [0.5, 0.6) is 11.5 Å². The van der Waals surface area contributed by atoms with Crippen molar-refractivity contribution in [3.05, 3.63) is 130 Å². The highest BCUT2D eigenvalue weighted by atomic mass is 32.1. The van der Waals surface area contributed by atoms with E-state index in [1.807, 2.05) is 107 Å². The van der Waals surface area contributed by atoms with E-state index in [0.29, 0.717) is 47.4 Å². The van der Waals surface area contributed by atoms with E-state index < -0.39 is 41.0 Å². The van der Waals surface area contributed by atoms with Crippen molar-refractivity contribution in [1.82, 2.24) is 15.2 Å². The van der Waals surface area contributed by atoms with Gasteiger partial charge >= 0.3 is 0 Å². The summed E-state index contributed by atoms with van der Waals surface area (Å²) in [6, 6.07) is 25.6. The van der Waals surface area contributed by atoms with Crippen LogP contribution < -0.4 is 24.6 Å². The van der Waals surface area contributed by atoms with E-state index in [1.165, 1.54) is 9.80 Å². The van der Waals surface area contributed by atoms with Gasteiger partial charge in [-0.05, 0) is 117 Å². The van der Waals surface area contributed by atoms with Crippen LogP contribution in [0.3, 0.4) is 0 Å². The zero-order chi connectivity index (χ0) is 48.2. The number of aromatic nitrogens is 1. The van der Waals surface area contributed by atoms with Crippen LogP contribution in [-0.4, -0.2) is 87.1 Å². The number of nitrogens with one attached hydrogen (secondary N) is 1. The number of thiocarbonyl (C=S) groups is 1. The number of Topliss-reactive ketones (excluding diaryl/α,β-unsaturated/α-hetero) is 1. The summed E-state index contributed by atoms with van der Waals surface area (Å²) in [5, 5.41) is 14.0. The average molecular weight is 941 g/mol. The van der Waals surface area contributed by atoms with Crippen molar-refractivity contribution < 1.29 is 33.8 Å². The van der Waals surface area contributed by atoms with Gasteiger partial charge in [-0.2, -0.15) is 0 Å². The largest absolute Gasteiger partial charge is 0.493 e. The normalized spacial score (nSPS) is 17.3. The first kappa shape index (κ1) is 48.5. The Labute approximate surface area is 401 Å². The maximum Gasteiger partial charge on any atom is 0.259 e. The van der Waals surface area contributed by atoms with Crippen LogP contribution in [0.25, 0.3) is 15.3 Å². The minimum atomic E-state index is -1.00. The average Bonchev–Trinajstić information content (AvgIpc) is 3.96. The third kappa shape index (κ3) is 10.6. The Morgan fingerprint density at radius 3 is 2.33 bits per heavy atom. The number of aliphatic hydroxyl groups excluding tert-OH is 1. The van der Waals surface area contributed by atoms with Crippen LogP contribution in [0.4, 0.5) is 17.1 Å². The molecule has 3 heterocycles. The first-order chi connectivity index (χ1) is 31.9. The molecule has 2 aliphatic rings. The summed E-state index contributed by atoms with van der Waals surface area (Å²) in [6.07, 6.45) is 0.460. The van der Waals surface area contributed by atoms with E-state index >= 15 is 0 Å². The number of ketones is 1. The van der Waals surface area contributed by atoms with Gasteiger partial charge < -0.3 is 29.7 Å². The summed E-state index contributed by atoms with van der Waals surface area (Å²) < 4.78 is 12.1. The molecule has 67 heavy (non-hydrogen) atoms. The number of carbonyl (C=O) groups excluding carboxylic acids is 4. The molecule has 1 aromatic heterocycles. The van der Waals surface area contributed by atoms with Crippen molar-refractivity contribution in [2.45, 2.75) is 97.9 Å². The SMILES string of the molecule is [C-]#[N+]c1ccc(N2C(=O)C(C)(C)N(c3ccc(OCCCOc4ccccc4C(=O)N[C@H](C(=O)N4C[C@H](O)C[C@H]4C(=O)CCc4ccc(-c5scnc5C)cc4)C(C)(C)C)cc3)C2=S)cc1C. The minimum Gasteiger partial charge on any atom is -0.493 e. The molecule has 7 rings (SSSR count). The molecule has 2 fully saturated rings. The molecule has 13 nitrogen and oxygen atoms in total. The van der Waals surface area contributed by atoms with Gasteiger partial charge in [0.2, 0.25) is 5.91 Å². The number of β-amino-alcohol motifs (C(OH)–C–C–N with tert-alkyl or cyclic N) is 1. The molecule has 0 radical (unpaired) electrons. The van der Waals surface area contributed by atoms with Crippen LogP contribution in [0.2, 0.25) is 0 Å². The summed E-state index contributed by atoms with van der Waals surface area (Å²) in [5.74, 6) is -0.284. The highest BCUT2D eigenvalue weighted by Gasteiger charge is 2.50. The molecule has 2 N–H and O–H groups in total. The van der Waals surface area contributed by atoms with Gasteiger partial charge in [0.25, 0.3) is 11.8 Å². The highest BCUT2D eigenvalue weighted by molar-refractivity contribution is 7.81. The lowest BCUT2D eigenvalue weighted by Gasteiger charge is -2.35. The van der Waals surface area contributed by atoms with Crippen molar-refractivity contribution in [3.8, 4) is 21.9 Å². The molecule has 0 saturated carbocycles. The maximum atomic E-state index is 14.3. The number of hydrogen-bond donors (Lipinski definition) is 2. The van der Waals surface area contributed by atoms with Gasteiger partial charge in [0.05, 0.1) is 53.6 Å². The molecule has 3 amide bonds. The standard InChI is InChI=1S/C52H56N6O7S2/c1-32-28-37(21-24-41(32)53-8)57-49(63)52(6,7)58(50(57)66)36-19-22-39(23-20-36)64-26-11-27-65-44-13-10-9-12-40(44)47(61)55-46(51(3,4)5)48(62)56-30-38(59)29-42(56)43(60)25-16-34-14-17-35(18-15-34)45-33(2)54-31-67-45/h9-10,12-15,17-24,28,31,38,42,46,59H,11,16,25-27,29-30H2,1-7H3,(H,55,61)/t38-,42+,46-/m1/s1. The van der Waals surface area contributed by atoms with Gasteiger partial charge in [0.15, 0.2) is 16.6 Å². The monoisotopic (exact) mass is 940 g/mol. The molecule has 4 aromatic carbocycles. The van der Waals surface area contributed by atoms with E-state index in [-0.39, 0.29) is 43.2 Å². The molecule has 2 saturated heterocycles. The van der Waals surface area contributed by atoms with E-state index in [4.69, 9.17) is 28.3 Å². The molecular weight excluding hydrogens is 885 g/mol. The number of ether oxygens (including phenoxy) is 2. The van der Waals surface area contributed by atoms with E-state index in [9.17, 15) is 24.3 Å². The summed E-state index contributed by atoms with van der Waals surface area (Å²) in [6.45, 7) is 20.9. The fourth-order valence-corrected chi connectivity index (χ4v) is 9.82. The number of aliphatic hydroxyl groups is 1. The van der Waals surface area contributed by atoms with Gasteiger partial charge in [-0.25, -0.2) is 9.83 Å². The molecule has 348 valence electrons. The first-order valence-corrected chi connectivity index (χ1v) is 23.6. The molecule has 0 spiro atoms. The Morgan fingerprint density at radius 2 is 1.67 bits per heavy atom. The van der Waals surface area contributed by atoms with Crippen molar-refractivity contribution in [1.29, 1.82) is 0 Å². The van der Waals surface area contributed by atoms with Gasteiger partial charge in [0, 0.05) is 37.2 Å². The van der Waals surface area contributed by atoms with Crippen molar-refractivity contribution in [3.63, 3.8) is 0 Å². The molecule has 3 atom stereocenters. The second-order valence-corrected chi connectivity index (χ2v) is 19.8. The van der Waals surface area contributed by atoms with Gasteiger partial charge in [0.1, 0.15) is 23.1 Å². The van der Waals surface area contributed by atoms with E-state index in [1.54, 1.807) is 53.8 Å². The lowest BCUT2D eigenvalue weighted by molar-refractivity contribution is -0.141. The lowest BCUT2D eigenvalue weighted by atomic mass is 9.85. The van der Waals surface area contributed by atoms with Gasteiger partial charge in [-0.1, -0.05) is 63.2 Å². The summed E-state index contributed by atoms with van der Waals surface area (Å²) in [5.41, 5.74) is 6.03. The van der Waals surface area contributed by atoms with Crippen LogP contribution in [-0.2, 0) is 20.8 Å². The zero-order valence-electron chi connectivity index (χ0n) is 38.9. The minimum absolute atomic E-state index is 0.00158.